The van der Waals surface area contributed by atoms with Crippen LogP contribution in [0.15, 0.2) is 11.6 Å². The van der Waals surface area contributed by atoms with E-state index >= 15 is 0 Å². The number of ether oxygens (including phenoxy) is 1. The molecule has 4 fully saturated rings. The van der Waals surface area contributed by atoms with Gasteiger partial charge in [0.2, 0.25) is 0 Å². The summed E-state index contributed by atoms with van der Waals surface area (Å²) in [5.41, 5.74) is 3.29. The van der Waals surface area contributed by atoms with Crippen LogP contribution in [0.3, 0.4) is 0 Å². The average molecular weight is 539 g/mol. The van der Waals surface area contributed by atoms with Crippen LogP contribution in [-0.4, -0.2) is 10.1 Å². The lowest BCUT2D eigenvalue weighted by atomic mass is 9.47. The molecule has 0 aromatic heterocycles. The quantitative estimate of drug-likeness (QED) is 0.199. The highest BCUT2D eigenvalue weighted by atomic mass is 127. The van der Waals surface area contributed by atoms with Gasteiger partial charge in [0.15, 0.2) is 0 Å². The van der Waals surface area contributed by atoms with Gasteiger partial charge in [-0.15, -0.1) is 0 Å². The third-order valence-corrected chi connectivity index (χ3v) is 11.6. The Morgan fingerprint density at radius 3 is 2.68 bits per heavy atom. The van der Waals surface area contributed by atoms with Crippen molar-refractivity contribution in [3.8, 4) is 0 Å². The molecule has 5 aliphatic rings. The first-order chi connectivity index (χ1) is 14.7. The van der Waals surface area contributed by atoms with Crippen molar-refractivity contribution in [2.45, 2.75) is 111 Å². The van der Waals surface area contributed by atoms with Crippen molar-refractivity contribution < 1.29 is 9.53 Å². The summed E-state index contributed by atoms with van der Waals surface area (Å²) in [6, 6.07) is 0. The summed E-state index contributed by atoms with van der Waals surface area (Å²) in [6.45, 7) is 10.0. The summed E-state index contributed by atoms with van der Waals surface area (Å²) in [6.07, 6.45) is 19.1. The molecule has 2 unspecified atom stereocenters. The van der Waals surface area contributed by atoms with Crippen LogP contribution in [0, 0.1) is 45.8 Å². The molecule has 5 rings (SSSR count). The molecular weight excluding hydrogens is 495 g/mol. The monoisotopic (exact) mass is 538 g/mol. The van der Waals surface area contributed by atoms with Gasteiger partial charge in [-0.1, -0.05) is 52.2 Å². The molecule has 0 bridgehead atoms. The first-order valence-electron chi connectivity index (χ1n) is 13.3. The minimum atomic E-state index is -0.141. The number of carbonyl (C=O) groups excluding carboxylic acids is 1. The maximum Gasteiger partial charge on any atom is 0.367 e. The lowest BCUT2D eigenvalue weighted by molar-refractivity contribution is -0.0573. The van der Waals surface area contributed by atoms with Crippen molar-refractivity contribution in [2.75, 3.05) is 0 Å². The fourth-order valence-corrected chi connectivity index (χ4v) is 9.93. The molecule has 2 nitrogen and oxygen atoms in total. The normalized spacial score (nSPS) is 48.1. The van der Waals surface area contributed by atoms with E-state index < -0.39 is 0 Å². The molecule has 174 valence electrons. The zero-order valence-corrected chi connectivity index (χ0v) is 22.4. The van der Waals surface area contributed by atoms with E-state index in [1.165, 1.54) is 64.2 Å². The van der Waals surface area contributed by atoms with E-state index in [0.29, 0.717) is 16.2 Å². The van der Waals surface area contributed by atoms with Crippen molar-refractivity contribution in [2.24, 2.45) is 45.8 Å². The summed E-state index contributed by atoms with van der Waals surface area (Å²) in [4.78, 5) is 11.5. The van der Waals surface area contributed by atoms with E-state index in [0.717, 1.165) is 42.4 Å². The van der Waals surface area contributed by atoms with E-state index in [2.05, 4.69) is 33.8 Å². The van der Waals surface area contributed by atoms with Crippen LogP contribution >= 0.6 is 22.6 Å². The second-order valence-electron chi connectivity index (χ2n) is 12.9. The summed E-state index contributed by atoms with van der Waals surface area (Å²) < 4.78 is 5.47. The molecule has 0 aliphatic heterocycles. The Kier molecular flexibility index (Phi) is 5.87. The minimum absolute atomic E-state index is 0.113. The van der Waals surface area contributed by atoms with Crippen molar-refractivity contribution in [1.29, 1.82) is 0 Å². The Morgan fingerprint density at radius 1 is 1.16 bits per heavy atom. The third kappa shape index (κ3) is 3.57. The second kappa shape index (κ2) is 8.01. The number of fused-ring (bicyclic) bond motifs is 6. The van der Waals surface area contributed by atoms with Gasteiger partial charge in [-0.25, -0.2) is 4.79 Å². The molecule has 0 amide bonds. The number of rotatable bonds is 5. The van der Waals surface area contributed by atoms with Crippen LogP contribution in [0.25, 0.3) is 0 Å². The second-order valence-corrected chi connectivity index (χ2v) is 13.7. The predicted molar refractivity (Wildman–Crippen MR) is 135 cm³/mol. The van der Waals surface area contributed by atoms with Gasteiger partial charge in [-0.3, -0.25) is 0 Å². The highest BCUT2D eigenvalue weighted by molar-refractivity contribution is 14.1. The topological polar surface area (TPSA) is 26.3 Å². The molecule has 3 heteroatoms. The number of hydrogen-bond acceptors (Lipinski definition) is 2. The maximum absolute atomic E-state index is 11.5. The van der Waals surface area contributed by atoms with Gasteiger partial charge in [-0.05, 0) is 104 Å². The van der Waals surface area contributed by atoms with Crippen LogP contribution < -0.4 is 0 Å². The molecule has 8 atom stereocenters. The lowest BCUT2D eigenvalue weighted by Gasteiger charge is -2.58. The standard InChI is InChI=1S/C28H43IO2/c1-18(2)6-5-7-20-17-28(20)15-12-24-22-9-8-19-16-21(31-25(29)30)10-13-26(19,3)23(22)11-14-27(24,28)4/h8,18,20-24H,5-7,9-17H2,1-4H3/t20?,21-,22+,23-,24-,26-,27-,28?/m0/s1. The molecule has 0 N–H and O–H groups in total. The largest absolute Gasteiger partial charge is 0.455 e. The molecule has 0 saturated heterocycles. The molecule has 4 saturated carbocycles. The van der Waals surface area contributed by atoms with Crippen LogP contribution in [0.5, 0.6) is 0 Å². The smallest absolute Gasteiger partial charge is 0.367 e. The molecule has 1 spiro atoms. The predicted octanol–water partition coefficient (Wildman–Crippen LogP) is 8.72. The molecule has 0 aromatic carbocycles. The number of allylic oxidation sites excluding steroid dienone is 1. The highest BCUT2D eigenvalue weighted by Crippen LogP contribution is 2.79. The van der Waals surface area contributed by atoms with Gasteiger partial charge in [0.05, 0.1) is 22.6 Å². The lowest BCUT2D eigenvalue weighted by Crippen LogP contribution is -2.51. The first kappa shape index (κ1) is 22.7. The fraction of sp³-hybridized carbons (Fsp3) is 0.893. The third-order valence-electron chi connectivity index (χ3n) is 11.3. The van der Waals surface area contributed by atoms with Crippen LogP contribution in [0.2, 0.25) is 0 Å². The van der Waals surface area contributed by atoms with E-state index in [4.69, 9.17) is 4.74 Å². The number of carbonyl (C=O) groups is 1. The maximum atomic E-state index is 11.5. The highest BCUT2D eigenvalue weighted by Gasteiger charge is 2.71. The minimum Gasteiger partial charge on any atom is -0.455 e. The molecule has 0 heterocycles. The van der Waals surface area contributed by atoms with Crippen molar-refractivity contribution in [3.05, 3.63) is 11.6 Å². The van der Waals surface area contributed by atoms with Crippen molar-refractivity contribution in [3.63, 3.8) is 0 Å². The van der Waals surface area contributed by atoms with Gasteiger partial charge >= 0.3 is 3.98 Å². The Hall–Kier alpha value is -0.0600. The summed E-state index contributed by atoms with van der Waals surface area (Å²) in [7, 11) is 0. The zero-order chi connectivity index (χ0) is 22.0. The van der Waals surface area contributed by atoms with Crippen LogP contribution in [0.4, 0.5) is 4.79 Å². The van der Waals surface area contributed by atoms with Gasteiger partial charge in [0.25, 0.3) is 0 Å². The van der Waals surface area contributed by atoms with Gasteiger partial charge in [-0.2, -0.15) is 0 Å². The van der Waals surface area contributed by atoms with E-state index in [-0.39, 0.29) is 10.1 Å². The molecule has 31 heavy (non-hydrogen) atoms. The van der Waals surface area contributed by atoms with Crippen molar-refractivity contribution in [1.82, 2.24) is 0 Å². The summed E-state index contributed by atoms with van der Waals surface area (Å²) >= 11 is 1.79. The number of hydrogen-bond donors (Lipinski definition) is 0. The van der Waals surface area contributed by atoms with Crippen molar-refractivity contribution >= 4 is 26.6 Å². The summed E-state index contributed by atoms with van der Waals surface area (Å²) in [5.74, 6) is 4.58. The Labute approximate surface area is 203 Å². The average Bonchev–Trinajstić information content (AvgIpc) is 3.32. The first-order valence-corrected chi connectivity index (χ1v) is 14.3. The van der Waals surface area contributed by atoms with Gasteiger partial charge in [0.1, 0.15) is 6.10 Å². The molecule has 0 aromatic rings. The van der Waals surface area contributed by atoms with E-state index in [1.807, 2.05) is 0 Å². The van der Waals surface area contributed by atoms with Crippen LogP contribution in [0.1, 0.15) is 105 Å². The van der Waals surface area contributed by atoms with E-state index in [9.17, 15) is 4.79 Å². The Morgan fingerprint density at radius 2 is 1.94 bits per heavy atom. The molecule has 5 aliphatic carbocycles. The SMILES string of the molecule is CC(C)CCCC1CC12CC[C@H]1[C@@H]3CC=C4C[C@@H](OC(=O)I)CC[C@]4(C)[C@H]3CC[C@@]12C. The zero-order valence-electron chi connectivity index (χ0n) is 20.2. The molecule has 0 radical (unpaired) electrons. The molecular formula is C28H43IO2. The van der Waals surface area contributed by atoms with Gasteiger partial charge in [0, 0.05) is 6.42 Å². The Balaban J connectivity index is 1.31. The summed E-state index contributed by atoms with van der Waals surface area (Å²) in [5, 5.41) is 0. The number of halogens is 1. The van der Waals surface area contributed by atoms with Crippen LogP contribution in [-0.2, 0) is 4.74 Å². The van der Waals surface area contributed by atoms with E-state index in [1.54, 1.807) is 28.2 Å². The van der Waals surface area contributed by atoms with Gasteiger partial charge < -0.3 is 4.74 Å². The Bertz CT molecular complexity index is 758. The fourth-order valence-electron chi connectivity index (χ4n) is 9.57.